The third kappa shape index (κ3) is 3.26. The Morgan fingerprint density at radius 3 is 2.37 bits per heavy atom. The fourth-order valence-corrected chi connectivity index (χ4v) is 4.95. The van der Waals surface area contributed by atoms with E-state index in [1.165, 1.54) is 11.5 Å². The Bertz CT molecular complexity index is 631. The highest BCUT2D eigenvalue weighted by molar-refractivity contribution is 9.11. The number of carbonyl (C=O) groups excluding carboxylic acids is 1. The molecule has 7 heteroatoms. The summed E-state index contributed by atoms with van der Waals surface area (Å²) in [6.07, 6.45) is 0. The summed E-state index contributed by atoms with van der Waals surface area (Å²) in [5.74, 6) is 0.0121. The maximum absolute atomic E-state index is 11.7. The zero-order valence-corrected chi connectivity index (χ0v) is 15.6. The molecule has 0 fully saturated rings. The maximum atomic E-state index is 11.7. The average molecular weight is 469 g/mol. The number of benzene rings is 1. The molecule has 2 rings (SSSR count). The number of aryl methyl sites for hydroxylation is 1. The minimum Gasteiger partial charge on any atom is -0.344 e. The monoisotopic (exact) mass is 466 g/mol. The van der Waals surface area contributed by atoms with Crippen molar-refractivity contribution in [3.63, 3.8) is 0 Å². The van der Waals surface area contributed by atoms with Crippen LogP contribution < -0.4 is 5.32 Å². The van der Waals surface area contributed by atoms with Gasteiger partial charge in [0.25, 0.3) is 0 Å². The van der Waals surface area contributed by atoms with Crippen LogP contribution in [0.1, 0.15) is 23.0 Å². The molecule has 19 heavy (non-hydrogen) atoms. The Labute approximate surface area is 140 Å². The molecule has 0 unspecified atom stereocenters. The first-order chi connectivity index (χ1) is 8.90. The van der Waals surface area contributed by atoms with E-state index in [9.17, 15) is 4.79 Å². The lowest BCUT2D eigenvalue weighted by molar-refractivity contribution is 0.101. The summed E-state index contributed by atoms with van der Waals surface area (Å²) in [5, 5.41) is 4.02. The van der Waals surface area contributed by atoms with Crippen molar-refractivity contribution in [2.45, 2.75) is 13.8 Å². The van der Waals surface area contributed by atoms with Gasteiger partial charge in [-0.2, -0.15) is 4.37 Å². The van der Waals surface area contributed by atoms with Crippen LogP contribution in [0.25, 0.3) is 0 Å². The number of halogens is 3. The second-order valence-electron chi connectivity index (χ2n) is 3.90. The molecule has 100 valence electrons. The number of anilines is 2. The van der Waals surface area contributed by atoms with E-state index in [1.807, 2.05) is 19.1 Å². The molecule has 0 bridgehead atoms. The molecule has 1 N–H and O–H groups in total. The number of rotatable bonds is 3. The van der Waals surface area contributed by atoms with E-state index in [1.54, 1.807) is 6.92 Å². The third-order valence-electron chi connectivity index (χ3n) is 2.46. The summed E-state index contributed by atoms with van der Waals surface area (Å²) in [6, 6.07) is 3.88. The van der Waals surface area contributed by atoms with Crippen LogP contribution in [0.3, 0.4) is 0 Å². The van der Waals surface area contributed by atoms with Gasteiger partial charge in [-0.05, 0) is 69.4 Å². The van der Waals surface area contributed by atoms with E-state index in [-0.39, 0.29) is 5.78 Å². The molecule has 3 nitrogen and oxygen atoms in total. The third-order valence-corrected chi connectivity index (χ3v) is 5.02. The van der Waals surface area contributed by atoms with Gasteiger partial charge in [0.1, 0.15) is 5.00 Å². The van der Waals surface area contributed by atoms with Crippen LogP contribution >= 0.6 is 59.3 Å². The summed E-state index contributed by atoms with van der Waals surface area (Å²) < 4.78 is 6.99. The largest absolute Gasteiger partial charge is 0.344 e. The Morgan fingerprint density at radius 1 is 1.26 bits per heavy atom. The number of nitrogens with one attached hydrogen (secondary N) is 1. The Hall–Kier alpha value is -0.240. The highest BCUT2D eigenvalue weighted by atomic mass is 79.9. The molecule has 0 aliphatic rings. The van der Waals surface area contributed by atoms with Gasteiger partial charge in [-0.3, -0.25) is 4.79 Å². The van der Waals surface area contributed by atoms with Gasteiger partial charge in [0.2, 0.25) is 0 Å². The van der Waals surface area contributed by atoms with E-state index < -0.39 is 0 Å². The number of nitrogens with zero attached hydrogens (tertiary/aromatic N) is 1. The summed E-state index contributed by atoms with van der Waals surface area (Å²) in [4.78, 5) is 11.7. The lowest BCUT2D eigenvalue weighted by atomic mass is 10.2. The van der Waals surface area contributed by atoms with Crippen LogP contribution in [0.2, 0.25) is 0 Å². The van der Waals surface area contributed by atoms with Crippen molar-refractivity contribution in [1.29, 1.82) is 0 Å². The van der Waals surface area contributed by atoms with Crippen molar-refractivity contribution >= 4 is 75.8 Å². The number of carbonyl (C=O) groups is 1. The molecule has 1 aromatic heterocycles. The van der Waals surface area contributed by atoms with Crippen LogP contribution in [-0.2, 0) is 0 Å². The highest BCUT2D eigenvalue weighted by Gasteiger charge is 2.17. The molecule has 0 saturated carbocycles. The molecule has 0 radical (unpaired) electrons. The second kappa shape index (κ2) is 6.03. The van der Waals surface area contributed by atoms with E-state index in [4.69, 9.17) is 0 Å². The molecule has 1 aromatic carbocycles. The summed E-state index contributed by atoms with van der Waals surface area (Å²) >= 11 is 11.7. The zero-order valence-electron chi connectivity index (χ0n) is 10.1. The zero-order chi connectivity index (χ0) is 14.2. The fraction of sp³-hybridized carbons (Fsp3) is 0.167. The summed E-state index contributed by atoms with van der Waals surface area (Å²) in [6.45, 7) is 3.39. The molecule has 1 heterocycles. The summed E-state index contributed by atoms with van der Waals surface area (Å²) in [5.41, 5.74) is 2.27. The molecule has 0 amide bonds. The van der Waals surface area contributed by atoms with Crippen LogP contribution in [0.4, 0.5) is 10.7 Å². The standard InChI is InChI=1S/C12H9Br3N2OS/c1-5-10(6(2)18)12(19-17-5)16-11-8(14)3-7(13)4-9(11)15/h3-4,16H,1-2H3. The Morgan fingerprint density at radius 2 is 1.84 bits per heavy atom. The first-order valence-electron chi connectivity index (χ1n) is 5.29. The van der Waals surface area contributed by atoms with Gasteiger partial charge < -0.3 is 5.32 Å². The molecule has 0 spiro atoms. The molecular formula is C12H9Br3N2OS. The Balaban J connectivity index is 2.45. The minimum atomic E-state index is 0.0121. The van der Waals surface area contributed by atoms with Gasteiger partial charge in [0, 0.05) is 13.4 Å². The first kappa shape index (κ1) is 15.2. The number of hydrogen-bond donors (Lipinski definition) is 1. The van der Waals surface area contributed by atoms with Crippen molar-refractivity contribution in [3.05, 3.63) is 36.8 Å². The molecule has 0 aliphatic heterocycles. The second-order valence-corrected chi connectivity index (χ2v) is 7.30. The lowest BCUT2D eigenvalue weighted by Gasteiger charge is -2.10. The van der Waals surface area contributed by atoms with E-state index in [2.05, 4.69) is 57.5 Å². The maximum Gasteiger partial charge on any atom is 0.164 e. The predicted octanol–water partition coefficient (Wildman–Crippen LogP) is 5.69. The molecule has 0 aliphatic carbocycles. The predicted molar refractivity (Wildman–Crippen MR) is 89.7 cm³/mol. The van der Waals surface area contributed by atoms with E-state index in [0.29, 0.717) is 5.56 Å². The highest BCUT2D eigenvalue weighted by Crippen LogP contribution is 2.38. The quantitative estimate of drug-likeness (QED) is 0.589. The van der Waals surface area contributed by atoms with Gasteiger partial charge >= 0.3 is 0 Å². The molecule has 2 aromatic rings. The van der Waals surface area contributed by atoms with Crippen LogP contribution in [0.5, 0.6) is 0 Å². The van der Waals surface area contributed by atoms with Crippen LogP contribution in [0.15, 0.2) is 25.6 Å². The number of Topliss-reactive ketones (excluding diaryl/α,β-unsaturated/α-hetero) is 1. The van der Waals surface area contributed by atoms with Gasteiger partial charge in [0.05, 0.1) is 16.9 Å². The first-order valence-corrected chi connectivity index (χ1v) is 8.44. The Kier molecular flexibility index (Phi) is 4.81. The van der Waals surface area contributed by atoms with Gasteiger partial charge in [-0.25, -0.2) is 0 Å². The van der Waals surface area contributed by atoms with E-state index >= 15 is 0 Å². The van der Waals surface area contributed by atoms with Gasteiger partial charge in [0.15, 0.2) is 5.78 Å². The number of aromatic nitrogens is 1. The van der Waals surface area contributed by atoms with Crippen molar-refractivity contribution in [1.82, 2.24) is 4.37 Å². The van der Waals surface area contributed by atoms with Crippen molar-refractivity contribution < 1.29 is 4.79 Å². The SMILES string of the molecule is CC(=O)c1c(C)nsc1Nc1c(Br)cc(Br)cc1Br. The molecule has 0 atom stereocenters. The van der Waals surface area contributed by atoms with E-state index in [0.717, 1.165) is 29.8 Å². The van der Waals surface area contributed by atoms with Gasteiger partial charge in [-0.1, -0.05) is 15.9 Å². The van der Waals surface area contributed by atoms with Crippen molar-refractivity contribution in [3.8, 4) is 0 Å². The fourth-order valence-electron chi connectivity index (χ4n) is 1.64. The van der Waals surface area contributed by atoms with Crippen LogP contribution in [-0.4, -0.2) is 10.2 Å². The summed E-state index contributed by atoms with van der Waals surface area (Å²) in [7, 11) is 0. The number of hydrogen-bond acceptors (Lipinski definition) is 4. The molecular weight excluding hydrogens is 460 g/mol. The molecule has 0 saturated heterocycles. The normalized spacial score (nSPS) is 10.6. The number of ketones is 1. The van der Waals surface area contributed by atoms with Crippen molar-refractivity contribution in [2.75, 3.05) is 5.32 Å². The van der Waals surface area contributed by atoms with Crippen LogP contribution in [0, 0.1) is 6.92 Å². The topological polar surface area (TPSA) is 42.0 Å². The lowest BCUT2D eigenvalue weighted by Crippen LogP contribution is -1.99. The smallest absolute Gasteiger partial charge is 0.164 e. The minimum absolute atomic E-state index is 0.0121. The van der Waals surface area contributed by atoms with Crippen molar-refractivity contribution in [2.24, 2.45) is 0 Å². The van der Waals surface area contributed by atoms with Gasteiger partial charge in [-0.15, -0.1) is 0 Å². The average Bonchev–Trinajstić information content (AvgIpc) is 2.64.